The maximum Gasteiger partial charge on any atom is 0.236 e. The first-order chi connectivity index (χ1) is 9.54. The van der Waals surface area contributed by atoms with Gasteiger partial charge in [0.15, 0.2) is 0 Å². The minimum atomic E-state index is 0.124. The molecule has 2 aliphatic rings. The van der Waals surface area contributed by atoms with Crippen LogP contribution in [0.4, 0.5) is 0 Å². The number of hydrogen-bond acceptors (Lipinski definition) is 5. The van der Waals surface area contributed by atoms with Crippen molar-refractivity contribution in [1.29, 1.82) is 0 Å². The monoisotopic (exact) mass is 285 g/mol. The van der Waals surface area contributed by atoms with Crippen molar-refractivity contribution in [3.8, 4) is 0 Å². The molecule has 2 heterocycles. The molecular weight excluding hydrogens is 258 g/mol. The summed E-state index contributed by atoms with van der Waals surface area (Å²) in [4.78, 5) is 16.3. The average Bonchev–Trinajstić information content (AvgIpc) is 2.38. The molecule has 0 saturated carbocycles. The summed E-state index contributed by atoms with van der Waals surface area (Å²) in [5, 5.41) is 3.30. The lowest BCUT2D eigenvalue weighted by Crippen LogP contribution is -2.52. The van der Waals surface area contributed by atoms with Gasteiger partial charge in [-0.3, -0.25) is 9.69 Å². The lowest BCUT2D eigenvalue weighted by Gasteiger charge is -2.36. The van der Waals surface area contributed by atoms with Crippen molar-refractivity contribution < 1.29 is 14.3 Å². The van der Waals surface area contributed by atoms with E-state index in [0.29, 0.717) is 19.6 Å². The molecule has 6 heteroatoms. The van der Waals surface area contributed by atoms with Crippen molar-refractivity contribution in [3.05, 3.63) is 0 Å². The smallest absolute Gasteiger partial charge is 0.236 e. The summed E-state index contributed by atoms with van der Waals surface area (Å²) in [6.45, 7) is 9.19. The molecule has 1 amide bonds. The second-order valence-electron chi connectivity index (χ2n) is 5.95. The molecule has 0 aromatic carbocycles. The Balaban J connectivity index is 1.75. The van der Waals surface area contributed by atoms with Crippen LogP contribution in [0, 0.1) is 0 Å². The molecule has 0 spiro atoms. The standard InChI is InChI=1S/C14H27N3O3/c1-11-7-17(8-12(2)20-11)14(18)10-16(3)9-13-6-15-4-5-19-13/h11-13,15H,4-10H2,1-3H3. The third-order valence-corrected chi connectivity index (χ3v) is 3.70. The Morgan fingerprint density at radius 1 is 1.35 bits per heavy atom. The van der Waals surface area contributed by atoms with Crippen LogP contribution in [0.25, 0.3) is 0 Å². The van der Waals surface area contributed by atoms with Crippen LogP contribution in [-0.4, -0.2) is 86.9 Å². The summed E-state index contributed by atoms with van der Waals surface area (Å²) in [6.07, 6.45) is 0.432. The van der Waals surface area contributed by atoms with Gasteiger partial charge in [0.25, 0.3) is 0 Å². The van der Waals surface area contributed by atoms with Crippen molar-refractivity contribution in [3.63, 3.8) is 0 Å². The minimum absolute atomic E-state index is 0.124. The predicted octanol–water partition coefficient (Wildman–Crippen LogP) is -0.458. The zero-order valence-corrected chi connectivity index (χ0v) is 12.8. The van der Waals surface area contributed by atoms with Gasteiger partial charge >= 0.3 is 0 Å². The molecule has 0 bridgehead atoms. The van der Waals surface area contributed by atoms with Crippen LogP contribution < -0.4 is 5.32 Å². The van der Waals surface area contributed by atoms with Gasteiger partial charge in [-0.1, -0.05) is 0 Å². The molecule has 1 N–H and O–H groups in total. The molecule has 20 heavy (non-hydrogen) atoms. The largest absolute Gasteiger partial charge is 0.374 e. The van der Waals surface area contributed by atoms with Crippen molar-refractivity contribution in [2.75, 3.05) is 52.9 Å². The maximum atomic E-state index is 12.3. The molecule has 0 aromatic heterocycles. The lowest BCUT2D eigenvalue weighted by atomic mass is 10.2. The molecular formula is C14H27N3O3. The number of carbonyl (C=O) groups excluding carboxylic acids is 1. The van der Waals surface area contributed by atoms with Gasteiger partial charge in [0.2, 0.25) is 5.91 Å². The number of amides is 1. The van der Waals surface area contributed by atoms with E-state index in [4.69, 9.17) is 9.47 Å². The van der Waals surface area contributed by atoms with Gasteiger partial charge in [-0.2, -0.15) is 0 Å². The van der Waals surface area contributed by atoms with Gasteiger partial charge in [0.1, 0.15) is 0 Å². The summed E-state index contributed by atoms with van der Waals surface area (Å²) in [6, 6.07) is 0. The van der Waals surface area contributed by atoms with E-state index in [0.717, 1.165) is 26.2 Å². The Morgan fingerprint density at radius 2 is 2.05 bits per heavy atom. The first-order valence-electron chi connectivity index (χ1n) is 7.48. The van der Waals surface area contributed by atoms with E-state index in [1.54, 1.807) is 0 Å². The van der Waals surface area contributed by atoms with Crippen molar-refractivity contribution >= 4 is 5.91 Å². The number of morpholine rings is 2. The quantitative estimate of drug-likeness (QED) is 0.758. The molecule has 2 rings (SSSR count). The first-order valence-corrected chi connectivity index (χ1v) is 7.48. The lowest BCUT2D eigenvalue weighted by molar-refractivity contribution is -0.144. The summed E-state index contributed by atoms with van der Waals surface area (Å²) < 4.78 is 11.3. The molecule has 116 valence electrons. The average molecular weight is 285 g/mol. The normalized spacial score (nSPS) is 31.6. The van der Waals surface area contributed by atoms with Gasteiger partial charge in [-0.05, 0) is 20.9 Å². The van der Waals surface area contributed by atoms with Crippen molar-refractivity contribution in [2.24, 2.45) is 0 Å². The molecule has 0 aliphatic carbocycles. The highest BCUT2D eigenvalue weighted by atomic mass is 16.5. The molecule has 3 unspecified atom stereocenters. The Bertz CT molecular complexity index is 311. The highest BCUT2D eigenvalue weighted by molar-refractivity contribution is 5.78. The van der Waals surface area contributed by atoms with E-state index in [-0.39, 0.29) is 24.2 Å². The van der Waals surface area contributed by atoms with Crippen molar-refractivity contribution in [2.45, 2.75) is 32.2 Å². The van der Waals surface area contributed by atoms with Crippen LogP contribution in [0.2, 0.25) is 0 Å². The SMILES string of the molecule is CC1CN(C(=O)CN(C)CC2CNCCO2)CC(C)O1. The molecule has 0 radical (unpaired) electrons. The number of likely N-dealkylation sites (N-methyl/N-ethyl adjacent to an activating group) is 1. The number of ether oxygens (including phenoxy) is 2. The first kappa shape index (κ1) is 15.7. The maximum absolute atomic E-state index is 12.3. The molecule has 2 aliphatic heterocycles. The second-order valence-corrected chi connectivity index (χ2v) is 5.95. The molecule has 0 aromatic rings. The Hall–Kier alpha value is -0.690. The van der Waals surface area contributed by atoms with E-state index in [9.17, 15) is 4.79 Å². The number of nitrogens with one attached hydrogen (secondary N) is 1. The zero-order valence-electron chi connectivity index (χ0n) is 12.8. The van der Waals surface area contributed by atoms with E-state index in [1.807, 2.05) is 30.7 Å². The predicted molar refractivity (Wildman–Crippen MR) is 76.7 cm³/mol. The fourth-order valence-corrected chi connectivity index (χ4v) is 2.86. The molecule has 3 atom stereocenters. The number of nitrogens with zero attached hydrogens (tertiary/aromatic N) is 2. The number of rotatable bonds is 4. The van der Waals surface area contributed by atoms with Gasteiger partial charge in [-0.25, -0.2) is 0 Å². The van der Waals surface area contributed by atoms with Crippen LogP contribution >= 0.6 is 0 Å². The Kier molecular flexibility index (Phi) is 5.77. The van der Waals surface area contributed by atoms with Crippen LogP contribution in [0.5, 0.6) is 0 Å². The van der Waals surface area contributed by atoms with Crippen LogP contribution in [0.15, 0.2) is 0 Å². The third-order valence-electron chi connectivity index (χ3n) is 3.70. The fourth-order valence-electron chi connectivity index (χ4n) is 2.86. The summed E-state index contributed by atoms with van der Waals surface area (Å²) >= 11 is 0. The highest BCUT2D eigenvalue weighted by Crippen LogP contribution is 2.11. The van der Waals surface area contributed by atoms with Gasteiger partial charge in [0, 0.05) is 32.7 Å². The highest BCUT2D eigenvalue weighted by Gasteiger charge is 2.26. The fraction of sp³-hybridized carbons (Fsp3) is 0.929. The van der Waals surface area contributed by atoms with Gasteiger partial charge in [-0.15, -0.1) is 0 Å². The van der Waals surface area contributed by atoms with E-state index < -0.39 is 0 Å². The Morgan fingerprint density at radius 3 is 2.65 bits per heavy atom. The summed E-state index contributed by atoms with van der Waals surface area (Å²) in [5.74, 6) is 0.179. The Labute approximate surface area is 121 Å². The zero-order chi connectivity index (χ0) is 14.5. The minimum Gasteiger partial charge on any atom is -0.374 e. The summed E-state index contributed by atoms with van der Waals surface area (Å²) in [7, 11) is 1.98. The van der Waals surface area contributed by atoms with Crippen molar-refractivity contribution in [1.82, 2.24) is 15.1 Å². The van der Waals surface area contributed by atoms with Gasteiger partial charge in [0.05, 0.1) is 31.5 Å². The van der Waals surface area contributed by atoms with E-state index in [2.05, 4.69) is 5.32 Å². The van der Waals surface area contributed by atoms with Crippen LogP contribution in [0.1, 0.15) is 13.8 Å². The van der Waals surface area contributed by atoms with Gasteiger partial charge < -0.3 is 19.7 Å². The molecule has 6 nitrogen and oxygen atoms in total. The molecule has 2 saturated heterocycles. The summed E-state index contributed by atoms with van der Waals surface area (Å²) in [5.41, 5.74) is 0. The second kappa shape index (κ2) is 7.36. The number of hydrogen-bond donors (Lipinski definition) is 1. The van der Waals surface area contributed by atoms with Crippen LogP contribution in [-0.2, 0) is 14.3 Å². The van der Waals surface area contributed by atoms with E-state index in [1.165, 1.54) is 0 Å². The number of carbonyl (C=O) groups is 1. The van der Waals surface area contributed by atoms with E-state index >= 15 is 0 Å². The molecule has 2 fully saturated rings. The van der Waals surface area contributed by atoms with Crippen LogP contribution in [0.3, 0.4) is 0 Å². The third kappa shape index (κ3) is 4.70. The topological polar surface area (TPSA) is 54.0 Å².